The zero-order chi connectivity index (χ0) is 62.3. The summed E-state index contributed by atoms with van der Waals surface area (Å²) in [4.78, 5) is 13.3. The molecule has 1 amide bonds. The van der Waals surface area contributed by atoms with Crippen LogP contribution in [0.2, 0.25) is 0 Å². The fraction of sp³-hybridized carbons (Fsp3) is 0.875. The summed E-state index contributed by atoms with van der Waals surface area (Å²) in [7, 11) is 0. The van der Waals surface area contributed by atoms with Crippen LogP contribution >= 0.6 is 0 Å². The molecule has 0 spiro atoms. The highest BCUT2D eigenvalue weighted by Gasteiger charge is 2.51. The van der Waals surface area contributed by atoms with Gasteiger partial charge < -0.3 is 65.1 Å². The van der Waals surface area contributed by atoms with Gasteiger partial charge in [0.1, 0.15) is 48.8 Å². The molecular formula is C72H133NO13. The molecule has 2 heterocycles. The lowest BCUT2D eigenvalue weighted by atomic mass is 9.97. The predicted molar refractivity (Wildman–Crippen MR) is 351 cm³/mol. The number of carbonyl (C=O) groups is 1. The van der Waals surface area contributed by atoms with Crippen LogP contribution in [0.1, 0.15) is 309 Å². The number of hydrogen-bond donors (Lipinski definition) is 9. The highest BCUT2D eigenvalue weighted by Crippen LogP contribution is 2.30. The van der Waals surface area contributed by atoms with E-state index in [2.05, 4.69) is 55.6 Å². The van der Waals surface area contributed by atoms with Gasteiger partial charge >= 0.3 is 0 Å². The molecule has 0 bridgehead atoms. The van der Waals surface area contributed by atoms with Gasteiger partial charge in [-0.2, -0.15) is 0 Å². The molecule has 2 saturated heterocycles. The van der Waals surface area contributed by atoms with Gasteiger partial charge in [0.15, 0.2) is 12.6 Å². The summed E-state index contributed by atoms with van der Waals surface area (Å²) >= 11 is 0. The normalized spacial score (nSPS) is 23.7. The summed E-state index contributed by atoms with van der Waals surface area (Å²) in [6.07, 6.45) is 57.5. The molecule has 0 aromatic rings. The summed E-state index contributed by atoms with van der Waals surface area (Å²) in [5.74, 6) is -0.248. The lowest BCUT2D eigenvalue weighted by Gasteiger charge is -2.46. The number of allylic oxidation sites excluding steroid dienone is 7. The summed E-state index contributed by atoms with van der Waals surface area (Å²) in [6.45, 7) is 2.81. The maximum atomic E-state index is 13.3. The third-order valence-electron chi connectivity index (χ3n) is 17.5. The molecule has 2 rings (SSSR count). The monoisotopic (exact) mass is 1220 g/mol. The molecular weight excluding hydrogens is 1090 g/mol. The van der Waals surface area contributed by atoms with Gasteiger partial charge in [-0.05, 0) is 70.6 Å². The van der Waals surface area contributed by atoms with Crippen molar-refractivity contribution in [3.63, 3.8) is 0 Å². The fourth-order valence-electron chi connectivity index (χ4n) is 11.7. The fourth-order valence-corrected chi connectivity index (χ4v) is 11.7. The minimum absolute atomic E-state index is 0.248. The van der Waals surface area contributed by atoms with Crippen LogP contribution in [0.5, 0.6) is 0 Å². The lowest BCUT2D eigenvalue weighted by Crippen LogP contribution is -2.65. The van der Waals surface area contributed by atoms with Crippen molar-refractivity contribution >= 4 is 5.91 Å². The van der Waals surface area contributed by atoms with Crippen molar-refractivity contribution in [1.29, 1.82) is 0 Å². The van der Waals surface area contributed by atoms with Gasteiger partial charge in [0.25, 0.3) is 0 Å². The molecule has 14 heteroatoms. The second-order valence-electron chi connectivity index (χ2n) is 25.3. The Bertz CT molecular complexity index is 1630. The molecule has 0 aromatic carbocycles. The Morgan fingerprint density at radius 2 is 0.744 bits per heavy atom. The van der Waals surface area contributed by atoms with E-state index in [1.165, 1.54) is 231 Å². The van der Waals surface area contributed by atoms with Crippen LogP contribution in [0.3, 0.4) is 0 Å². The second kappa shape index (κ2) is 56.9. The summed E-state index contributed by atoms with van der Waals surface area (Å²) < 4.78 is 22.8. The molecule has 9 N–H and O–H groups in total. The zero-order valence-corrected chi connectivity index (χ0v) is 54.8. The molecule has 0 saturated carbocycles. The molecule has 0 aromatic heterocycles. The first-order valence-corrected chi connectivity index (χ1v) is 35.9. The Labute approximate surface area is 524 Å². The molecule has 504 valence electrons. The van der Waals surface area contributed by atoms with Crippen LogP contribution in [0, 0.1) is 0 Å². The van der Waals surface area contributed by atoms with Crippen molar-refractivity contribution < 1.29 is 64.6 Å². The molecule has 0 radical (unpaired) electrons. The molecule has 12 unspecified atom stereocenters. The van der Waals surface area contributed by atoms with E-state index in [-0.39, 0.29) is 18.9 Å². The number of amides is 1. The smallest absolute Gasteiger partial charge is 0.220 e. The molecule has 12 atom stereocenters. The number of aliphatic hydroxyl groups is 8. The molecule has 14 nitrogen and oxygen atoms in total. The van der Waals surface area contributed by atoms with Crippen LogP contribution in [-0.2, 0) is 23.7 Å². The average Bonchev–Trinajstić information content (AvgIpc) is 2.54. The van der Waals surface area contributed by atoms with E-state index in [1.54, 1.807) is 6.08 Å². The maximum Gasteiger partial charge on any atom is 0.220 e. The first-order valence-electron chi connectivity index (χ1n) is 35.9. The van der Waals surface area contributed by atoms with E-state index < -0.39 is 86.8 Å². The van der Waals surface area contributed by atoms with Crippen LogP contribution < -0.4 is 5.32 Å². The first kappa shape index (κ1) is 80.0. The molecule has 86 heavy (non-hydrogen) atoms. The van der Waals surface area contributed by atoms with Gasteiger partial charge in [0.05, 0.1) is 32.0 Å². The van der Waals surface area contributed by atoms with Crippen molar-refractivity contribution in [1.82, 2.24) is 5.32 Å². The Morgan fingerprint density at radius 3 is 1.14 bits per heavy atom. The van der Waals surface area contributed by atoms with Gasteiger partial charge in [-0.15, -0.1) is 0 Å². The highest BCUT2D eigenvalue weighted by molar-refractivity contribution is 5.76. The maximum absolute atomic E-state index is 13.3. The van der Waals surface area contributed by atoms with Crippen molar-refractivity contribution in [3.8, 4) is 0 Å². The molecule has 2 aliphatic heterocycles. The van der Waals surface area contributed by atoms with Crippen LogP contribution in [0.4, 0.5) is 0 Å². The SMILES string of the molecule is CCCCCCCCCC/C=C\CCCCCCCCCCCCCCCCCCCCCC(=O)NC(COC1OC(CO)C(OC2OC(CO)C(O)C(O)C2O)C(O)C1O)C(O)/C=C/CC/C=C/CC/C=C/CCCCCCCCCCCCC. The summed E-state index contributed by atoms with van der Waals surface area (Å²) in [5.41, 5.74) is 0. The van der Waals surface area contributed by atoms with E-state index in [9.17, 15) is 45.6 Å². The zero-order valence-electron chi connectivity index (χ0n) is 54.8. The first-order chi connectivity index (χ1) is 42.1. The average molecular weight is 1220 g/mol. The van der Waals surface area contributed by atoms with Gasteiger partial charge in [-0.3, -0.25) is 4.79 Å². The summed E-state index contributed by atoms with van der Waals surface area (Å²) in [6, 6.07) is -0.938. The van der Waals surface area contributed by atoms with Crippen molar-refractivity contribution in [2.75, 3.05) is 19.8 Å². The van der Waals surface area contributed by atoms with E-state index in [1.807, 2.05) is 6.08 Å². The van der Waals surface area contributed by atoms with E-state index in [0.29, 0.717) is 12.8 Å². The third-order valence-corrected chi connectivity index (χ3v) is 17.5. The van der Waals surface area contributed by atoms with Gasteiger partial charge in [0.2, 0.25) is 5.91 Å². The van der Waals surface area contributed by atoms with Gasteiger partial charge in [-0.1, -0.05) is 281 Å². The van der Waals surface area contributed by atoms with Crippen LogP contribution in [0.25, 0.3) is 0 Å². The Balaban J connectivity index is 1.67. The van der Waals surface area contributed by atoms with Gasteiger partial charge in [-0.25, -0.2) is 0 Å². The standard InChI is InChI=1S/C72H133NO13/c1-3-5-7-9-11-13-15-17-19-21-23-25-26-27-28-29-30-31-32-33-34-36-38-40-42-44-46-48-50-52-54-56-64(77)73-60(61(76)55-53-51-49-47-45-43-41-39-37-35-24-22-20-18-16-14-12-10-8-6-4-2)59-83-71-69(82)67(80)70(63(58-75)85-71)86-72-68(81)66(79)65(78)62(57-74)84-72/h21,23,37,39,45,47,53,55,60-63,65-72,74-76,78-82H,3-20,22,24-36,38,40-44,46,48-52,54,56-59H2,1-2H3,(H,73,77)/b23-21-,39-37+,47-45+,55-53+. The van der Waals surface area contributed by atoms with Crippen molar-refractivity contribution in [3.05, 3.63) is 48.6 Å². The van der Waals surface area contributed by atoms with Gasteiger partial charge in [0, 0.05) is 6.42 Å². The largest absolute Gasteiger partial charge is 0.394 e. The molecule has 2 aliphatic rings. The van der Waals surface area contributed by atoms with Crippen LogP contribution in [0.15, 0.2) is 48.6 Å². The number of hydrogen-bond acceptors (Lipinski definition) is 13. The highest BCUT2D eigenvalue weighted by atomic mass is 16.7. The number of rotatable bonds is 59. The van der Waals surface area contributed by atoms with E-state index in [0.717, 1.165) is 44.9 Å². The molecule has 2 fully saturated rings. The molecule has 0 aliphatic carbocycles. The lowest BCUT2D eigenvalue weighted by molar-refractivity contribution is -0.359. The number of unbranched alkanes of at least 4 members (excludes halogenated alkanes) is 40. The minimum Gasteiger partial charge on any atom is -0.394 e. The Morgan fingerprint density at radius 1 is 0.407 bits per heavy atom. The minimum atomic E-state index is -1.79. The predicted octanol–water partition coefficient (Wildman–Crippen LogP) is 14.7. The van der Waals surface area contributed by atoms with Crippen LogP contribution in [-0.4, -0.2) is 140 Å². The number of carbonyl (C=O) groups excluding carboxylic acids is 1. The second-order valence-corrected chi connectivity index (χ2v) is 25.3. The number of nitrogens with one attached hydrogen (secondary N) is 1. The van der Waals surface area contributed by atoms with Crippen molar-refractivity contribution in [2.45, 2.75) is 383 Å². The Kier molecular flexibility index (Phi) is 53.0. The van der Waals surface area contributed by atoms with E-state index in [4.69, 9.17) is 18.9 Å². The quantitative estimate of drug-likeness (QED) is 0.0204. The summed E-state index contributed by atoms with van der Waals surface area (Å²) in [5, 5.41) is 87.4. The number of ether oxygens (including phenoxy) is 4. The Hall–Kier alpha value is -2.05. The van der Waals surface area contributed by atoms with Crippen molar-refractivity contribution in [2.24, 2.45) is 0 Å². The van der Waals surface area contributed by atoms with E-state index >= 15 is 0 Å². The number of aliphatic hydroxyl groups excluding tert-OH is 8. The topological polar surface area (TPSA) is 228 Å². The third kappa shape index (κ3) is 40.6.